The van der Waals surface area contributed by atoms with Crippen molar-refractivity contribution in [1.82, 2.24) is 0 Å². The summed E-state index contributed by atoms with van der Waals surface area (Å²) >= 11 is 0. The molecule has 1 fully saturated rings. The second-order valence-electron chi connectivity index (χ2n) is 5.46. The van der Waals surface area contributed by atoms with E-state index in [-0.39, 0.29) is 34.5 Å². The summed E-state index contributed by atoms with van der Waals surface area (Å²) < 4.78 is 16.1. The number of fused-ring (bicyclic) bond motifs is 1. The molecule has 3 rings (SSSR count). The van der Waals surface area contributed by atoms with Crippen molar-refractivity contribution in [1.29, 1.82) is 0 Å². The maximum atomic E-state index is 12.2. The van der Waals surface area contributed by atoms with E-state index >= 15 is 0 Å². The second-order valence-corrected chi connectivity index (χ2v) is 5.46. The Bertz CT molecular complexity index is 742. The molecule has 0 amide bonds. The zero-order valence-electron chi connectivity index (χ0n) is 12.3. The van der Waals surface area contributed by atoms with Crippen molar-refractivity contribution in [3.63, 3.8) is 0 Å². The van der Waals surface area contributed by atoms with Crippen LogP contribution in [0, 0.1) is 0 Å². The van der Waals surface area contributed by atoms with Gasteiger partial charge < -0.3 is 24.1 Å². The van der Waals surface area contributed by atoms with Crippen LogP contribution >= 0.6 is 0 Å². The lowest BCUT2D eigenvalue weighted by Crippen LogP contribution is -2.20. The van der Waals surface area contributed by atoms with Crippen LogP contribution in [0.2, 0.25) is 0 Å². The topological polar surface area (TPSA) is 89.1 Å². The zero-order chi connectivity index (χ0) is 15.7. The number of hydrogen-bond acceptors (Lipinski definition) is 6. The normalized spacial score (nSPS) is 15.9. The first-order chi connectivity index (χ1) is 10.6. The van der Waals surface area contributed by atoms with Crippen molar-refractivity contribution in [2.75, 3.05) is 7.11 Å². The van der Waals surface area contributed by atoms with Crippen LogP contribution in [0.15, 0.2) is 21.3 Å². The molecule has 1 saturated carbocycles. The number of phenols is 2. The second kappa shape index (κ2) is 5.79. The molecule has 6 heteroatoms. The first-order valence-electron chi connectivity index (χ1n) is 7.33. The third kappa shape index (κ3) is 2.56. The molecule has 22 heavy (non-hydrogen) atoms. The number of methoxy groups -OCH3 is 1. The molecule has 0 aliphatic heterocycles. The third-order valence-corrected chi connectivity index (χ3v) is 3.94. The molecule has 0 atom stereocenters. The summed E-state index contributed by atoms with van der Waals surface area (Å²) in [6.07, 6.45) is 5.29. The van der Waals surface area contributed by atoms with Crippen LogP contribution in [0.5, 0.6) is 23.2 Å². The van der Waals surface area contributed by atoms with E-state index in [4.69, 9.17) is 13.9 Å². The summed E-state index contributed by atoms with van der Waals surface area (Å²) in [7, 11) is 1.29. The average molecular weight is 306 g/mol. The minimum Gasteiger partial charge on any atom is -0.504 e. The fourth-order valence-corrected chi connectivity index (χ4v) is 2.86. The Kier molecular flexibility index (Phi) is 3.83. The number of hydrogen-bond donors (Lipinski definition) is 2. The Hall–Kier alpha value is -2.37. The molecule has 2 aromatic rings. The molecule has 0 spiro atoms. The van der Waals surface area contributed by atoms with Gasteiger partial charge in [0.05, 0.1) is 13.2 Å². The lowest BCUT2D eigenvalue weighted by molar-refractivity contribution is 0.121. The lowest BCUT2D eigenvalue weighted by Gasteiger charge is -2.22. The van der Waals surface area contributed by atoms with Gasteiger partial charge in [0, 0.05) is 6.07 Å². The van der Waals surface area contributed by atoms with Crippen molar-refractivity contribution in [2.24, 2.45) is 0 Å². The zero-order valence-corrected chi connectivity index (χ0v) is 12.3. The largest absolute Gasteiger partial charge is 0.504 e. The number of rotatable bonds is 3. The van der Waals surface area contributed by atoms with Crippen molar-refractivity contribution < 1.29 is 24.1 Å². The van der Waals surface area contributed by atoms with Crippen LogP contribution in [0.3, 0.4) is 0 Å². The molecule has 118 valence electrons. The third-order valence-electron chi connectivity index (χ3n) is 3.94. The first-order valence-corrected chi connectivity index (χ1v) is 7.33. The van der Waals surface area contributed by atoms with Crippen LogP contribution in [-0.4, -0.2) is 23.4 Å². The smallest absolute Gasteiger partial charge is 0.289 e. The SMILES string of the molecule is COc1c(O)cc2oc(OC3CCCCC3)cc(=O)c2c1O. The minimum absolute atomic E-state index is 0.0364. The number of ether oxygens (including phenoxy) is 2. The van der Waals surface area contributed by atoms with Gasteiger partial charge in [-0.15, -0.1) is 0 Å². The Morgan fingerprint density at radius 3 is 2.59 bits per heavy atom. The first kappa shape index (κ1) is 14.6. The highest BCUT2D eigenvalue weighted by atomic mass is 16.6. The van der Waals surface area contributed by atoms with E-state index in [0.717, 1.165) is 25.7 Å². The van der Waals surface area contributed by atoms with Crippen LogP contribution in [0.4, 0.5) is 0 Å². The summed E-state index contributed by atoms with van der Waals surface area (Å²) in [6, 6.07) is 2.45. The summed E-state index contributed by atoms with van der Waals surface area (Å²) in [5.74, 6) is -0.782. The van der Waals surface area contributed by atoms with Gasteiger partial charge >= 0.3 is 0 Å². The van der Waals surface area contributed by atoms with E-state index in [2.05, 4.69) is 0 Å². The number of benzene rings is 1. The Morgan fingerprint density at radius 1 is 1.18 bits per heavy atom. The minimum atomic E-state index is -0.442. The Labute approximate surface area is 126 Å². The molecule has 0 radical (unpaired) electrons. The standard InChI is InChI=1S/C16H18O6/c1-20-16-11(18)7-12-14(15(16)19)10(17)8-13(22-12)21-9-5-3-2-4-6-9/h7-9,18-19H,2-6H2,1H3. The van der Waals surface area contributed by atoms with Crippen molar-refractivity contribution in [2.45, 2.75) is 38.2 Å². The van der Waals surface area contributed by atoms with Gasteiger partial charge in [0.15, 0.2) is 11.5 Å². The van der Waals surface area contributed by atoms with E-state index < -0.39 is 11.2 Å². The maximum absolute atomic E-state index is 12.2. The van der Waals surface area contributed by atoms with Crippen LogP contribution in [0.25, 0.3) is 11.0 Å². The summed E-state index contributed by atoms with van der Waals surface area (Å²) in [6.45, 7) is 0. The van der Waals surface area contributed by atoms with Gasteiger partial charge in [-0.2, -0.15) is 0 Å². The quantitative estimate of drug-likeness (QED) is 0.906. The van der Waals surface area contributed by atoms with Crippen molar-refractivity contribution in [3.05, 3.63) is 22.4 Å². The van der Waals surface area contributed by atoms with Crippen molar-refractivity contribution in [3.8, 4) is 23.2 Å². The van der Waals surface area contributed by atoms with Gasteiger partial charge in [-0.3, -0.25) is 4.79 Å². The van der Waals surface area contributed by atoms with E-state index in [1.54, 1.807) is 0 Å². The lowest BCUT2D eigenvalue weighted by atomic mass is 9.98. The van der Waals surface area contributed by atoms with Gasteiger partial charge in [-0.1, -0.05) is 6.42 Å². The molecule has 2 N–H and O–H groups in total. The van der Waals surface area contributed by atoms with Gasteiger partial charge in [0.2, 0.25) is 11.2 Å². The van der Waals surface area contributed by atoms with E-state index in [1.165, 1.54) is 25.7 Å². The number of phenolic OH excluding ortho intramolecular Hbond substituents is 2. The molecule has 1 aliphatic carbocycles. The van der Waals surface area contributed by atoms with Gasteiger partial charge in [-0.05, 0) is 25.7 Å². The Balaban J connectivity index is 2.03. The highest BCUT2D eigenvalue weighted by Gasteiger charge is 2.20. The van der Waals surface area contributed by atoms with E-state index in [1.807, 2.05) is 0 Å². The summed E-state index contributed by atoms with van der Waals surface area (Å²) in [5.41, 5.74) is -0.378. The molecule has 0 saturated heterocycles. The molecule has 1 aromatic carbocycles. The number of aromatic hydroxyl groups is 2. The predicted molar refractivity (Wildman–Crippen MR) is 79.9 cm³/mol. The van der Waals surface area contributed by atoms with E-state index in [9.17, 15) is 15.0 Å². The van der Waals surface area contributed by atoms with Gasteiger partial charge in [0.25, 0.3) is 5.95 Å². The molecular formula is C16H18O6. The predicted octanol–water partition coefficient (Wildman–Crippen LogP) is 2.92. The molecule has 0 bridgehead atoms. The maximum Gasteiger partial charge on any atom is 0.289 e. The Morgan fingerprint density at radius 2 is 1.91 bits per heavy atom. The average Bonchev–Trinajstić information content (AvgIpc) is 2.47. The highest BCUT2D eigenvalue weighted by Crippen LogP contribution is 2.41. The monoisotopic (exact) mass is 306 g/mol. The summed E-state index contributed by atoms with van der Waals surface area (Å²) in [5, 5.41) is 19.8. The van der Waals surface area contributed by atoms with Crippen LogP contribution < -0.4 is 14.9 Å². The molecular weight excluding hydrogens is 288 g/mol. The molecule has 1 aliphatic rings. The molecule has 6 nitrogen and oxygen atoms in total. The van der Waals surface area contributed by atoms with Gasteiger partial charge in [-0.25, -0.2) is 0 Å². The molecule has 1 heterocycles. The fraction of sp³-hybridized carbons (Fsp3) is 0.438. The summed E-state index contributed by atoms with van der Waals surface area (Å²) in [4.78, 5) is 12.2. The fourth-order valence-electron chi connectivity index (χ4n) is 2.86. The van der Waals surface area contributed by atoms with E-state index in [0.29, 0.717) is 0 Å². The molecule has 1 aromatic heterocycles. The molecule has 0 unspecified atom stereocenters. The highest BCUT2D eigenvalue weighted by molar-refractivity contribution is 5.88. The van der Waals surface area contributed by atoms with Crippen LogP contribution in [-0.2, 0) is 0 Å². The van der Waals surface area contributed by atoms with Crippen LogP contribution in [0.1, 0.15) is 32.1 Å². The van der Waals surface area contributed by atoms with Gasteiger partial charge in [0.1, 0.15) is 17.1 Å². The van der Waals surface area contributed by atoms with Crippen molar-refractivity contribution >= 4 is 11.0 Å².